The van der Waals surface area contributed by atoms with Crippen molar-refractivity contribution in [2.75, 3.05) is 31.1 Å². The molecule has 1 aliphatic carbocycles. The van der Waals surface area contributed by atoms with Crippen molar-refractivity contribution in [2.24, 2.45) is 0 Å². The SMILES string of the molecule is O=C(OCc1cn(-c2ccc(F)c(Cl)c2)nn1)c1cn(C2CC2)c2cc(N3CCN(Cc4cn(-c5ccc(F)cc5Cl)nn4)CC3)c(F)cc2c1=O. The van der Waals surface area contributed by atoms with Gasteiger partial charge in [0.15, 0.2) is 0 Å². The third kappa shape index (κ3) is 6.74. The molecule has 0 N–H and O–H groups in total. The van der Waals surface area contributed by atoms with Gasteiger partial charge >= 0.3 is 5.97 Å². The van der Waals surface area contributed by atoms with E-state index in [9.17, 15) is 18.4 Å². The zero-order chi connectivity index (χ0) is 36.1. The topological polar surface area (TPSA) is 116 Å². The molecule has 0 atom stereocenters. The lowest BCUT2D eigenvalue weighted by Gasteiger charge is -2.36. The number of aromatic nitrogens is 7. The van der Waals surface area contributed by atoms with Crippen molar-refractivity contribution in [3.63, 3.8) is 0 Å². The third-order valence-corrected chi connectivity index (χ3v) is 9.71. The standard InChI is InChI=1S/C35H28Cl2F3N9O3/c36-27-12-24(4-5-29(27)39)48-17-22(42-43-48)19-52-35(51)26-18-47(23-2-3-23)32-14-33(30(40)13-25(32)34(26)50)46-9-7-45(8-10-46)15-21-16-49(44-41-21)31-6-1-20(38)11-28(31)37/h1,4-6,11-14,16-18,23H,2-3,7-10,15,19H2. The monoisotopic (exact) mass is 749 g/mol. The van der Waals surface area contributed by atoms with Gasteiger partial charge in [-0.1, -0.05) is 33.6 Å². The maximum atomic E-state index is 15.8. The lowest BCUT2D eigenvalue weighted by molar-refractivity contribution is 0.0465. The highest BCUT2D eigenvalue weighted by atomic mass is 35.5. The number of hydrogen-bond donors (Lipinski definition) is 0. The molecule has 12 nitrogen and oxygen atoms in total. The summed E-state index contributed by atoms with van der Waals surface area (Å²) in [6.45, 7) is 2.51. The van der Waals surface area contributed by atoms with Crippen molar-refractivity contribution in [3.05, 3.63) is 122 Å². The average molecular weight is 751 g/mol. The van der Waals surface area contributed by atoms with E-state index in [-0.39, 0.29) is 39.3 Å². The summed E-state index contributed by atoms with van der Waals surface area (Å²) in [7, 11) is 0. The Morgan fingerprint density at radius 2 is 1.56 bits per heavy atom. The van der Waals surface area contributed by atoms with Gasteiger partial charge in [0.2, 0.25) is 5.43 Å². The quantitative estimate of drug-likeness (QED) is 0.167. The summed E-state index contributed by atoms with van der Waals surface area (Å²) in [5, 5.41) is 16.6. The number of halogens is 5. The zero-order valence-corrected chi connectivity index (χ0v) is 28.7. The number of fused-ring (bicyclic) bond motifs is 1. The molecule has 0 radical (unpaired) electrons. The minimum Gasteiger partial charge on any atom is -0.455 e. The van der Waals surface area contributed by atoms with Crippen molar-refractivity contribution in [2.45, 2.75) is 32.0 Å². The van der Waals surface area contributed by atoms with Crippen LogP contribution in [-0.4, -0.2) is 71.6 Å². The highest BCUT2D eigenvalue weighted by Crippen LogP contribution is 2.38. The molecule has 17 heteroatoms. The Hall–Kier alpha value is -5.25. The summed E-state index contributed by atoms with van der Waals surface area (Å²) in [6, 6.07) is 11.1. The van der Waals surface area contributed by atoms with Crippen LogP contribution < -0.4 is 10.3 Å². The van der Waals surface area contributed by atoms with E-state index >= 15 is 4.39 Å². The van der Waals surface area contributed by atoms with Gasteiger partial charge < -0.3 is 14.2 Å². The minimum atomic E-state index is -0.873. The van der Waals surface area contributed by atoms with Crippen molar-refractivity contribution in [3.8, 4) is 11.4 Å². The molecule has 0 spiro atoms. The molecule has 3 aromatic carbocycles. The molecule has 1 aliphatic heterocycles. The van der Waals surface area contributed by atoms with E-state index in [2.05, 4.69) is 25.5 Å². The van der Waals surface area contributed by atoms with Gasteiger partial charge in [0.05, 0.1) is 50.7 Å². The van der Waals surface area contributed by atoms with Crippen LogP contribution in [0.4, 0.5) is 18.9 Å². The molecule has 2 aliphatic rings. The number of benzene rings is 3. The number of carbonyl (C=O) groups excluding carboxylic acids is 1. The van der Waals surface area contributed by atoms with Crippen LogP contribution in [0, 0.1) is 17.5 Å². The minimum absolute atomic E-state index is 0.0606. The summed E-state index contributed by atoms with van der Waals surface area (Å²) in [5.74, 6) is -2.46. The second-order valence-electron chi connectivity index (χ2n) is 12.7. The molecule has 266 valence electrons. The van der Waals surface area contributed by atoms with Crippen LogP contribution in [0.3, 0.4) is 0 Å². The average Bonchev–Trinajstić information content (AvgIpc) is 3.68. The summed E-state index contributed by atoms with van der Waals surface area (Å²) in [5.41, 5.74) is 2.03. The Labute approximate surface area is 303 Å². The Morgan fingerprint density at radius 1 is 0.808 bits per heavy atom. The smallest absolute Gasteiger partial charge is 0.344 e. The fourth-order valence-corrected chi connectivity index (χ4v) is 6.70. The number of hydrogen-bond acceptors (Lipinski definition) is 9. The van der Waals surface area contributed by atoms with Gasteiger partial charge in [0.25, 0.3) is 0 Å². The summed E-state index contributed by atoms with van der Waals surface area (Å²) in [6.07, 6.45) is 6.44. The molecule has 1 saturated carbocycles. The largest absolute Gasteiger partial charge is 0.455 e. The molecule has 2 fully saturated rings. The third-order valence-electron chi connectivity index (χ3n) is 9.12. The molecule has 3 aromatic heterocycles. The van der Waals surface area contributed by atoms with Crippen molar-refractivity contribution in [1.29, 1.82) is 0 Å². The molecule has 6 aromatic rings. The van der Waals surface area contributed by atoms with Crippen molar-refractivity contribution >= 4 is 45.8 Å². The molecule has 4 heterocycles. The summed E-state index contributed by atoms with van der Waals surface area (Å²) in [4.78, 5) is 30.9. The van der Waals surface area contributed by atoms with Crippen LogP contribution in [0.15, 0.2) is 71.9 Å². The first-order valence-corrected chi connectivity index (χ1v) is 17.1. The summed E-state index contributed by atoms with van der Waals surface area (Å²) < 4.78 is 53.0. The molecule has 8 rings (SSSR count). The fraction of sp³-hybridized carbons (Fsp3) is 0.257. The van der Waals surface area contributed by atoms with Crippen molar-refractivity contribution in [1.82, 2.24) is 39.5 Å². The first kappa shape index (κ1) is 33.9. The maximum Gasteiger partial charge on any atom is 0.344 e. The fourth-order valence-electron chi connectivity index (χ4n) is 6.27. The zero-order valence-electron chi connectivity index (χ0n) is 27.2. The van der Waals surface area contributed by atoms with Gasteiger partial charge in [-0.15, -0.1) is 10.2 Å². The van der Waals surface area contributed by atoms with E-state index in [1.807, 2.05) is 9.47 Å². The van der Waals surface area contributed by atoms with E-state index in [0.717, 1.165) is 12.8 Å². The van der Waals surface area contributed by atoms with E-state index in [1.165, 1.54) is 64.2 Å². The van der Waals surface area contributed by atoms with Gasteiger partial charge in [0, 0.05) is 50.3 Å². The number of carbonyl (C=O) groups is 1. The number of esters is 1. The molecule has 0 unspecified atom stereocenters. The highest BCUT2D eigenvalue weighted by Gasteiger charge is 2.29. The van der Waals surface area contributed by atoms with E-state index in [1.54, 1.807) is 12.3 Å². The second kappa shape index (κ2) is 13.7. The van der Waals surface area contributed by atoms with E-state index < -0.39 is 28.8 Å². The molecule has 0 amide bonds. The Kier molecular flexibility index (Phi) is 8.93. The Balaban J connectivity index is 0.958. The number of ether oxygens (including phenoxy) is 1. The molecular weight excluding hydrogens is 722 g/mol. The van der Waals surface area contributed by atoms with Crippen LogP contribution in [0.1, 0.15) is 40.6 Å². The predicted octanol–water partition coefficient (Wildman–Crippen LogP) is 5.90. The molecule has 1 saturated heterocycles. The van der Waals surface area contributed by atoms with E-state index in [4.69, 9.17) is 27.9 Å². The first-order chi connectivity index (χ1) is 25.1. The maximum absolute atomic E-state index is 15.8. The normalized spacial score (nSPS) is 15.1. The van der Waals surface area contributed by atoms with Crippen LogP contribution >= 0.6 is 23.2 Å². The number of pyridine rings is 1. The van der Waals surface area contributed by atoms with Gasteiger partial charge in [-0.3, -0.25) is 9.69 Å². The van der Waals surface area contributed by atoms with Gasteiger partial charge in [-0.05, 0) is 61.4 Å². The molecule has 0 bridgehead atoms. The molecule has 52 heavy (non-hydrogen) atoms. The van der Waals surface area contributed by atoms with Crippen molar-refractivity contribution < 1.29 is 22.7 Å². The number of anilines is 1. The Morgan fingerprint density at radius 3 is 2.31 bits per heavy atom. The first-order valence-electron chi connectivity index (χ1n) is 16.4. The second-order valence-corrected chi connectivity index (χ2v) is 13.5. The number of piperazine rings is 1. The van der Waals surface area contributed by atoms with Crippen LogP contribution in [-0.2, 0) is 17.9 Å². The van der Waals surface area contributed by atoms with Crippen LogP contribution in [0.25, 0.3) is 22.3 Å². The predicted molar refractivity (Wildman–Crippen MR) is 186 cm³/mol. The lowest BCUT2D eigenvalue weighted by atomic mass is 10.1. The lowest BCUT2D eigenvalue weighted by Crippen LogP contribution is -2.46. The van der Waals surface area contributed by atoms with Gasteiger partial charge in [0.1, 0.15) is 35.3 Å². The van der Waals surface area contributed by atoms with Crippen LogP contribution in [0.2, 0.25) is 10.0 Å². The Bertz CT molecular complexity index is 2400. The number of nitrogens with zero attached hydrogens (tertiary/aromatic N) is 9. The van der Waals surface area contributed by atoms with E-state index in [0.29, 0.717) is 61.0 Å². The van der Waals surface area contributed by atoms with Gasteiger partial charge in [-0.25, -0.2) is 27.3 Å². The number of rotatable bonds is 9. The van der Waals surface area contributed by atoms with Gasteiger partial charge in [-0.2, -0.15) is 0 Å². The molecular formula is C35H28Cl2F3N9O3. The van der Waals surface area contributed by atoms with Crippen LogP contribution in [0.5, 0.6) is 0 Å². The summed E-state index contributed by atoms with van der Waals surface area (Å²) >= 11 is 12.0. The highest BCUT2D eigenvalue weighted by molar-refractivity contribution is 6.32.